The Morgan fingerprint density at radius 2 is 2.00 bits per heavy atom. The van der Waals surface area contributed by atoms with E-state index in [1.165, 1.54) is 37.4 Å². The van der Waals surface area contributed by atoms with Crippen LogP contribution in [0.1, 0.15) is 32.6 Å². The molecule has 0 heterocycles. The minimum Gasteiger partial charge on any atom is -0.282 e. The molecule has 0 radical (unpaired) electrons. The van der Waals surface area contributed by atoms with Crippen molar-refractivity contribution < 1.29 is 4.79 Å². The van der Waals surface area contributed by atoms with Crippen LogP contribution in [0.3, 0.4) is 0 Å². The summed E-state index contributed by atoms with van der Waals surface area (Å²) in [5, 5.41) is 0.760. The first-order valence-corrected chi connectivity index (χ1v) is 4.94. The lowest BCUT2D eigenvalue weighted by Crippen LogP contribution is -2.01. The number of thioether (sulfide) groups is 1. The van der Waals surface area contributed by atoms with Gasteiger partial charge in [-0.3, -0.25) is 4.79 Å². The third kappa shape index (κ3) is 2.70. The molecule has 1 aliphatic rings. The van der Waals surface area contributed by atoms with Crippen molar-refractivity contribution >= 4 is 16.9 Å². The molecule has 1 aliphatic carbocycles. The lowest BCUT2D eigenvalue weighted by Gasteiger charge is -2.05. The fourth-order valence-corrected chi connectivity index (χ4v) is 2.33. The lowest BCUT2D eigenvalue weighted by molar-refractivity contribution is -0.107. The number of carbonyl (C=O) groups excluding carboxylic acids is 1. The highest BCUT2D eigenvalue weighted by Gasteiger charge is 2.18. The molecule has 1 saturated carbocycles. The Kier molecular flexibility index (Phi) is 3.18. The van der Waals surface area contributed by atoms with Crippen LogP contribution in [0.2, 0.25) is 0 Å². The van der Waals surface area contributed by atoms with Gasteiger partial charge in [0.15, 0.2) is 0 Å². The summed E-state index contributed by atoms with van der Waals surface area (Å²) in [6.07, 6.45) is 5.01. The van der Waals surface area contributed by atoms with Crippen molar-refractivity contribution in [1.82, 2.24) is 0 Å². The Balaban J connectivity index is 2.29. The van der Waals surface area contributed by atoms with Gasteiger partial charge in [0, 0.05) is 5.25 Å². The van der Waals surface area contributed by atoms with Gasteiger partial charge in [0.2, 0.25) is 5.12 Å². The molecule has 62 valence electrons. The second-order valence-electron chi connectivity index (χ2n) is 3.09. The zero-order chi connectivity index (χ0) is 8.27. The van der Waals surface area contributed by atoms with Crippen LogP contribution < -0.4 is 0 Å². The van der Waals surface area contributed by atoms with Crippen molar-refractivity contribution in [2.24, 2.45) is 0 Å². The largest absolute Gasteiger partial charge is 0.282 e. The summed E-state index contributed by atoms with van der Waals surface area (Å²) in [6.45, 7) is 5.41. The number of rotatable bonds is 2. The molecule has 0 bridgehead atoms. The van der Waals surface area contributed by atoms with Crippen LogP contribution in [0, 0.1) is 0 Å². The van der Waals surface area contributed by atoms with E-state index in [0.29, 0.717) is 10.8 Å². The second-order valence-corrected chi connectivity index (χ2v) is 4.37. The van der Waals surface area contributed by atoms with Crippen LogP contribution in [0.4, 0.5) is 0 Å². The Labute approximate surface area is 72.2 Å². The summed E-state index contributed by atoms with van der Waals surface area (Å²) in [5.74, 6) is 0. The molecule has 0 aromatic carbocycles. The topological polar surface area (TPSA) is 17.1 Å². The van der Waals surface area contributed by atoms with Gasteiger partial charge in [-0.15, -0.1) is 0 Å². The summed E-state index contributed by atoms with van der Waals surface area (Å²) in [7, 11) is 0. The van der Waals surface area contributed by atoms with E-state index in [0.717, 1.165) is 0 Å². The van der Waals surface area contributed by atoms with Crippen molar-refractivity contribution in [3.63, 3.8) is 0 Å². The highest BCUT2D eigenvalue weighted by Crippen LogP contribution is 2.30. The van der Waals surface area contributed by atoms with Crippen molar-refractivity contribution in [1.29, 1.82) is 0 Å². The van der Waals surface area contributed by atoms with Gasteiger partial charge in [-0.25, -0.2) is 0 Å². The third-order valence-corrected chi connectivity index (χ3v) is 3.29. The zero-order valence-corrected chi connectivity index (χ0v) is 7.75. The van der Waals surface area contributed by atoms with Gasteiger partial charge in [0.05, 0.1) is 0 Å². The first-order valence-electron chi connectivity index (χ1n) is 4.06. The smallest absolute Gasteiger partial charge is 0.214 e. The molecule has 0 aromatic heterocycles. The number of hydrogen-bond donors (Lipinski definition) is 0. The van der Waals surface area contributed by atoms with E-state index in [1.807, 2.05) is 0 Å². The van der Waals surface area contributed by atoms with Crippen molar-refractivity contribution in [2.45, 2.75) is 37.9 Å². The average molecular weight is 170 g/mol. The molecule has 0 aromatic rings. The van der Waals surface area contributed by atoms with E-state index < -0.39 is 0 Å². The molecule has 0 saturated heterocycles. The molecule has 1 nitrogen and oxygen atoms in total. The van der Waals surface area contributed by atoms with E-state index in [2.05, 4.69) is 6.58 Å². The number of carbonyl (C=O) groups is 1. The zero-order valence-electron chi connectivity index (χ0n) is 6.93. The Morgan fingerprint density at radius 3 is 2.45 bits per heavy atom. The molecule has 0 spiro atoms. The normalized spacial score (nSPS) is 18.6. The van der Waals surface area contributed by atoms with Crippen LogP contribution >= 0.6 is 11.8 Å². The SMILES string of the molecule is C=C(C)C(=O)SC1CCCC1. The van der Waals surface area contributed by atoms with E-state index >= 15 is 0 Å². The summed E-state index contributed by atoms with van der Waals surface area (Å²) in [5.41, 5.74) is 0.682. The van der Waals surface area contributed by atoms with Crippen molar-refractivity contribution in [3.05, 3.63) is 12.2 Å². The van der Waals surface area contributed by atoms with E-state index in [1.54, 1.807) is 6.92 Å². The van der Waals surface area contributed by atoms with Crippen molar-refractivity contribution in [3.8, 4) is 0 Å². The Hall–Kier alpha value is -0.240. The number of hydrogen-bond acceptors (Lipinski definition) is 2. The van der Waals surface area contributed by atoms with Crippen LogP contribution in [-0.4, -0.2) is 10.4 Å². The predicted octanol–water partition coefficient (Wildman–Crippen LogP) is 2.76. The fraction of sp³-hybridized carbons (Fsp3) is 0.667. The first-order chi connectivity index (χ1) is 5.20. The minimum absolute atomic E-state index is 0.178. The van der Waals surface area contributed by atoms with Gasteiger partial charge in [0.1, 0.15) is 0 Å². The maximum Gasteiger partial charge on any atom is 0.214 e. The third-order valence-electron chi connectivity index (χ3n) is 1.92. The van der Waals surface area contributed by atoms with Gasteiger partial charge in [0.25, 0.3) is 0 Å². The van der Waals surface area contributed by atoms with Crippen LogP contribution in [0.15, 0.2) is 12.2 Å². The monoisotopic (exact) mass is 170 g/mol. The van der Waals surface area contributed by atoms with Crippen molar-refractivity contribution in [2.75, 3.05) is 0 Å². The molecular weight excluding hydrogens is 156 g/mol. The van der Waals surface area contributed by atoms with Gasteiger partial charge in [-0.05, 0) is 25.3 Å². The molecule has 0 atom stereocenters. The van der Waals surface area contributed by atoms with E-state index in [-0.39, 0.29) is 5.12 Å². The summed E-state index contributed by atoms with van der Waals surface area (Å²) in [6, 6.07) is 0. The highest BCUT2D eigenvalue weighted by molar-refractivity contribution is 8.14. The van der Waals surface area contributed by atoms with Crippen LogP contribution in [0.25, 0.3) is 0 Å². The summed E-state index contributed by atoms with van der Waals surface area (Å²) >= 11 is 1.48. The van der Waals surface area contributed by atoms with Gasteiger partial charge < -0.3 is 0 Å². The first kappa shape index (κ1) is 8.85. The predicted molar refractivity (Wildman–Crippen MR) is 49.7 cm³/mol. The van der Waals surface area contributed by atoms with Crippen LogP contribution in [-0.2, 0) is 4.79 Å². The average Bonchev–Trinajstić information content (AvgIpc) is 2.39. The molecule has 2 heteroatoms. The molecule has 0 amide bonds. The van der Waals surface area contributed by atoms with E-state index in [9.17, 15) is 4.79 Å². The second kappa shape index (κ2) is 3.96. The molecule has 0 N–H and O–H groups in total. The Morgan fingerprint density at radius 1 is 1.45 bits per heavy atom. The molecule has 11 heavy (non-hydrogen) atoms. The molecule has 0 unspecified atom stereocenters. The molecular formula is C9H14OS. The summed E-state index contributed by atoms with van der Waals surface area (Å²) < 4.78 is 0. The molecule has 0 aliphatic heterocycles. The highest BCUT2D eigenvalue weighted by atomic mass is 32.2. The maximum atomic E-state index is 11.2. The van der Waals surface area contributed by atoms with Gasteiger partial charge in [-0.1, -0.05) is 31.2 Å². The van der Waals surface area contributed by atoms with E-state index in [4.69, 9.17) is 0 Å². The van der Waals surface area contributed by atoms with Gasteiger partial charge >= 0.3 is 0 Å². The lowest BCUT2D eigenvalue weighted by atomic mass is 10.4. The summed E-state index contributed by atoms with van der Waals surface area (Å²) in [4.78, 5) is 11.2. The van der Waals surface area contributed by atoms with Gasteiger partial charge in [-0.2, -0.15) is 0 Å². The minimum atomic E-state index is 0.178. The fourth-order valence-electron chi connectivity index (χ4n) is 1.26. The quantitative estimate of drug-likeness (QED) is 0.593. The Bertz CT molecular complexity index is 168. The standard InChI is InChI=1S/C9H14OS/c1-7(2)9(10)11-8-5-3-4-6-8/h8H,1,3-6H2,2H3. The maximum absolute atomic E-state index is 11.2. The molecule has 1 rings (SSSR count). The van der Waals surface area contributed by atoms with Crippen LogP contribution in [0.5, 0.6) is 0 Å². The molecule has 1 fully saturated rings.